The van der Waals surface area contributed by atoms with E-state index in [1.807, 2.05) is 0 Å². The molecule has 0 aliphatic heterocycles. The molecule has 1 aromatic heterocycles. The molecule has 1 heterocycles. The van der Waals surface area contributed by atoms with Crippen molar-refractivity contribution in [2.45, 2.75) is 19.2 Å². The highest BCUT2D eigenvalue weighted by Gasteiger charge is 2.24. The standard InChI is InChI=1S/C20H21FN4O3/c1-5-11-25(6-2)20(27)18-19(22-13-26)23-17(24(18)3)10-8-14-7-9-15(21)16(12-14)28-4/h1,7,9,12-13,15-16H,6,11H2,2-4H3,(H,22,26). The average molecular weight is 384 g/mol. The third-order valence-electron chi connectivity index (χ3n) is 4.15. The number of amides is 2. The Morgan fingerprint density at radius 3 is 2.89 bits per heavy atom. The molecule has 7 nitrogen and oxygen atoms in total. The van der Waals surface area contributed by atoms with Gasteiger partial charge in [0.25, 0.3) is 5.91 Å². The molecule has 2 rings (SSSR count). The Morgan fingerprint density at radius 2 is 2.29 bits per heavy atom. The lowest BCUT2D eigenvalue weighted by Crippen LogP contribution is -2.33. The Bertz CT molecular complexity index is 914. The first kappa shape index (κ1) is 20.9. The summed E-state index contributed by atoms with van der Waals surface area (Å²) in [5.41, 5.74) is 0.726. The minimum absolute atomic E-state index is 0.0917. The zero-order valence-corrected chi connectivity index (χ0v) is 15.9. The summed E-state index contributed by atoms with van der Waals surface area (Å²) in [6, 6.07) is 0. The molecule has 1 N–H and O–H groups in total. The van der Waals surface area contributed by atoms with Gasteiger partial charge in [0.15, 0.2) is 17.3 Å². The predicted octanol–water partition coefficient (Wildman–Crippen LogP) is 1.28. The number of hydrogen-bond donors (Lipinski definition) is 1. The van der Waals surface area contributed by atoms with Crippen LogP contribution in [0.25, 0.3) is 0 Å². The number of alkyl halides is 1. The second-order valence-electron chi connectivity index (χ2n) is 5.85. The molecule has 0 saturated heterocycles. The molecule has 28 heavy (non-hydrogen) atoms. The fourth-order valence-corrected chi connectivity index (χ4v) is 2.64. The Kier molecular flexibility index (Phi) is 7.14. The number of carbonyl (C=O) groups is 2. The number of aromatic nitrogens is 2. The van der Waals surface area contributed by atoms with Crippen LogP contribution in [0.3, 0.4) is 0 Å². The van der Waals surface area contributed by atoms with Crippen LogP contribution >= 0.6 is 0 Å². The fraction of sp³-hybridized carbons (Fsp3) is 0.350. The molecule has 0 bridgehead atoms. The summed E-state index contributed by atoms with van der Waals surface area (Å²) in [6.45, 7) is 2.32. The number of halogens is 1. The minimum atomic E-state index is -1.23. The molecule has 1 aromatic rings. The largest absolute Gasteiger partial charge is 0.374 e. The van der Waals surface area contributed by atoms with Crippen LogP contribution in [0.4, 0.5) is 10.2 Å². The van der Waals surface area contributed by atoms with E-state index in [2.05, 4.69) is 28.1 Å². The van der Waals surface area contributed by atoms with Gasteiger partial charge in [-0.15, -0.1) is 6.42 Å². The zero-order valence-electron chi connectivity index (χ0n) is 15.9. The number of anilines is 1. The van der Waals surface area contributed by atoms with Crippen molar-refractivity contribution >= 4 is 18.1 Å². The van der Waals surface area contributed by atoms with E-state index in [1.165, 1.54) is 22.7 Å². The molecule has 2 unspecified atom stereocenters. The summed E-state index contributed by atoms with van der Waals surface area (Å²) in [4.78, 5) is 29.4. The van der Waals surface area contributed by atoms with Gasteiger partial charge in [-0.3, -0.25) is 9.59 Å². The van der Waals surface area contributed by atoms with Gasteiger partial charge in [0.05, 0.1) is 6.54 Å². The number of hydrogen-bond acceptors (Lipinski definition) is 4. The molecular formula is C20H21FN4O3. The van der Waals surface area contributed by atoms with E-state index in [1.54, 1.807) is 26.1 Å². The molecule has 2 amide bonds. The summed E-state index contributed by atoms with van der Waals surface area (Å²) in [6.07, 6.45) is 8.30. The highest BCUT2D eigenvalue weighted by atomic mass is 19.1. The Hall–Kier alpha value is -3.36. The molecule has 1 aliphatic carbocycles. The SMILES string of the molecule is C#CCN(CC)C(=O)c1c(NC=O)nc(C#CC2=CC(OC)C(F)C=C2)n1C. The summed E-state index contributed by atoms with van der Waals surface area (Å²) < 4.78 is 20.2. The van der Waals surface area contributed by atoms with Crippen molar-refractivity contribution in [3.63, 3.8) is 0 Å². The van der Waals surface area contributed by atoms with Gasteiger partial charge in [0.2, 0.25) is 6.41 Å². The van der Waals surface area contributed by atoms with Crippen molar-refractivity contribution in [2.24, 2.45) is 7.05 Å². The lowest BCUT2D eigenvalue weighted by molar-refractivity contribution is -0.105. The predicted molar refractivity (Wildman–Crippen MR) is 103 cm³/mol. The molecule has 0 saturated carbocycles. The van der Waals surface area contributed by atoms with Gasteiger partial charge in [-0.05, 0) is 31.1 Å². The topological polar surface area (TPSA) is 76.5 Å². The van der Waals surface area contributed by atoms with Gasteiger partial charge >= 0.3 is 0 Å². The van der Waals surface area contributed by atoms with Crippen LogP contribution in [0.2, 0.25) is 0 Å². The summed E-state index contributed by atoms with van der Waals surface area (Å²) >= 11 is 0. The molecule has 1 aliphatic rings. The number of ether oxygens (including phenoxy) is 1. The Labute approximate surface area is 163 Å². The Morgan fingerprint density at radius 1 is 1.54 bits per heavy atom. The van der Waals surface area contributed by atoms with E-state index < -0.39 is 12.3 Å². The molecule has 2 atom stereocenters. The van der Waals surface area contributed by atoms with Gasteiger partial charge < -0.3 is 19.5 Å². The maximum atomic E-state index is 13.6. The summed E-state index contributed by atoms with van der Waals surface area (Å²) in [5.74, 6) is 8.13. The lowest BCUT2D eigenvalue weighted by atomic mass is 10.0. The smallest absolute Gasteiger partial charge is 0.275 e. The molecule has 0 aromatic carbocycles. The number of allylic oxidation sites excluding steroid dienone is 2. The monoisotopic (exact) mass is 384 g/mol. The first-order valence-electron chi connectivity index (χ1n) is 8.55. The van der Waals surface area contributed by atoms with Gasteiger partial charge in [-0.2, -0.15) is 0 Å². The van der Waals surface area contributed by atoms with Crippen molar-refractivity contribution in [3.05, 3.63) is 35.3 Å². The number of rotatable bonds is 6. The van der Waals surface area contributed by atoms with Crippen LogP contribution in [0.5, 0.6) is 0 Å². The van der Waals surface area contributed by atoms with E-state index in [0.29, 0.717) is 18.5 Å². The quantitative estimate of drug-likeness (QED) is 0.592. The minimum Gasteiger partial charge on any atom is -0.374 e. The first-order valence-corrected chi connectivity index (χ1v) is 8.55. The van der Waals surface area contributed by atoms with Crippen molar-refractivity contribution in [2.75, 3.05) is 25.5 Å². The molecule has 146 valence electrons. The normalized spacial score (nSPS) is 17.8. The second-order valence-corrected chi connectivity index (χ2v) is 5.85. The van der Waals surface area contributed by atoms with Gasteiger partial charge in [-0.25, -0.2) is 9.37 Å². The highest BCUT2D eigenvalue weighted by molar-refractivity contribution is 5.99. The number of methoxy groups -OCH3 is 1. The molecule has 0 fully saturated rings. The summed E-state index contributed by atoms with van der Waals surface area (Å²) in [7, 11) is 3.03. The van der Waals surface area contributed by atoms with E-state index >= 15 is 0 Å². The molecular weight excluding hydrogens is 363 g/mol. The maximum Gasteiger partial charge on any atom is 0.275 e. The molecule has 8 heteroatoms. The van der Waals surface area contributed by atoms with E-state index in [0.717, 1.165) is 0 Å². The summed E-state index contributed by atoms with van der Waals surface area (Å²) in [5, 5.41) is 2.42. The number of carbonyl (C=O) groups excluding carboxylic acids is 2. The number of nitrogens with zero attached hydrogens (tertiary/aromatic N) is 3. The van der Waals surface area contributed by atoms with Crippen LogP contribution < -0.4 is 5.32 Å². The van der Waals surface area contributed by atoms with Crippen molar-refractivity contribution in [1.82, 2.24) is 14.5 Å². The number of terminal acetylenes is 1. The third-order valence-corrected chi connectivity index (χ3v) is 4.15. The van der Waals surface area contributed by atoms with Crippen molar-refractivity contribution < 1.29 is 18.7 Å². The third kappa shape index (κ3) is 4.48. The van der Waals surface area contributed by atoms with Crippen molar-refractivity contribution in [1.29, 1.82) is 0 Å². The molecule has 0 radical (unpaired) electrons. The van der Waals surface area contributed by atoms with Gasteiger partial charge in [0, 0.05) is 26.3 Å². The van der Waals surface area contributed by atoms with Crippen LogP contribution in [-0.2, 0) is 16.6 Å². The van der Waals surface area contributed by atoms with E-state index in [4.69, 9.17) is 11.2 Å². The van der Waals surface area contributed by atoms with Crippen LogP contribution in [0.15, 0.2) is 23.8 Å². The van der Waals surface area contributed by atoms with E-state index in [-0.39, 0.29) is 29.8 Å². The molecule has 0 spiro atoms. The highest BCUT2D eigenvalue weighted by Crippen LogP contribution is 2.19. The van der Waals surface area contributed by atoms with Gasteiger partial charge in [-0.1, -0.05) is 11.8 Å². The average Bonchev–Trinajstić information content (AvgIpc) is 3.00. The number of imidazole rings is 1. The van der Waals surface area contributed by atoms with Crippen molar-refractivity contribution in [3.8, 4) is 24.2 Å². The second kappa shape index (κ2) is 9.54. The zero-order chi connectivity index (χ0) is 20.7. The van der Waals surface area contributed by atoms with Crippen LogP contribution in [0, 0.1) is 24.2 Å². The van der Waals surface area contributed by atoms with Crippen LogP contribution in [0.1, 0.15) is 23.2 Å². The lowest BCUT2D eigenvalue weighted by Gasteiger charge is -2.18. The first-order chi connectivity index (χ1) is 13.5. The Balaban J connectivity index is 2.41. The number of nitrogens with one attached hydrogen (secondary N) is 1. The van der Waals surface area contributed by atoms with E-state index in [9.17, 15) is 14.0 Å². The van der Waals surface area contributed by atoms with Crippen LogP contribution in [-0.4, -0.2) is 59.2 Å². The maximum absolute atomic E-state index is 13.6. The van der Waals surface area contributed by atoms with Gasteiger partial charge in [0.1, 0.15) is 12.3 Å². The fourth-order valence-electron chi connectivity index (χ4n) is 2.64.